The summed E-state index contributed by atoms with van der Waals surface area (Å²) in [5.74, 6) is -1.08. The number of hydrogen-bond donors (Lipinski definition) is 10. The van der Waals surface area contributed by atoms with E-state index in [1.807, 2.05) is 0 Å². The summed E-state index contributed by atoms with van der Waals surface area (Å²) in [6, 6.07) is 0. The van der Waals surface area contributed by atoms with Crippen molar-refractivity contribution in [3.63, 3.8) is 0 Å². The molecular formula is C13H26O9S5. The Labute approximate surface area is 185 Å². The molecule has 1 atom stereocenters. The van der Waals surface area contributed by atoms with Crippen LogP contribution in [-0.2, 0) is 18.5 Å². The molecule has 0 aromatic rings. The van der Waals surface area contributed by atoms with Crippen LogP contribution in [0, 0.1) is 10.8 Å². The minimum absolute atomic E-state index is 0.268. The molecule has 0 fully saturated rings. The normalized spacial score (nSPS) is 15.5. The standard InChI is InChI=1S/C13H26O9S5/c14-1-10(2-15,3-16)6-20-7-11(4-17,5-18)8-21-9(19)12(23,22-27)13(24,25)26/h14-18,23-27H,1-8H2. The first-order valence-corrected chi connectivity index (χ1v) is 9.62. The monoisotopic (exact) mass is 486 g/mol. The van der Waals surface area contributed by atoms with Crippen molar-refractivity contribution in [1.82, 2.24) is 0 Å². The van der Waals surface area contributed by atoms with Crippen LogP contribution in [0.5, 0.6) is 0 Å². The van der Waals surface area contributed by atoms with E-state index in [1.165, 1.54) is 0 Å². The van der Waals surface area contributed by atoms with E-state index in [0.717, 1.165) is 0 Å². The number of rotatable bonds is 14. The Morgan fingerprint density at radius 1 is 0.741 bits per heavy atom. The second kappa shape index (κ2) is 12.0. The number of esters is 1. The second-order valence-corrected chi connectivity index (χ2v) is 10.1. The van der Waals surface area contributed by atoms with E-state index in [4.69, 9.17) is 9.47 Å². The van der Waals surface area contributed by atoms with Gasteiger partial charge in [-0.2, -0.15) is 0 Å². The molecule has 0 saturated heterocycles. The van der Waals surface area contributed by atoms with Crippen molar-refractivity contribution in [3.8, 4) is 0 Å². The minimum Gasteiger partial charge on any atom is -0.462 e. The largest absolute Gasteiger partial charge is 0.462 e. The summed E-state index contributed by atoms with van der Waals surface area (Å²) < 4.78 is 13.4. The average Bonchev–Trinajstić information content (AvgIpc) is 2.66. The van der Waals surface area contributed by atoms with Gasteiger partial charge in [0.15, 0.2) is 0 Å². The number of carbonyl (C=O) groups is 1. The molecule has 0 aliphatic rings. The zero-order chi connectivity index (χ0) is 21.4. The van der Waals surface area contributed by atoms with Crippen LogP contribution in [-0.4, -0.2) is 92.7 Å². The maximum absolute atomic E-state index is 12.3. The number of carbonyl (C=O) groups excluding carboxylic acids is 1. The quantitative estimate of drug-likeness (QED) is 0.0608. The molecule has 27 heavy (non-hydrogen) atoms. The zero-order valence-corrected chi connectivity index (χ0v) is 18.7. The Hall–Kier alpha value is 0.940. The summed E-state index contributed by atoms with van der Waals surface area (Å²) in [5, 5.41) is 47.1. The van der Waals surface area contributed by atoms with Gasteiger partial charge in [-0.25, -0.2) is 4.79 Å². The summed E-state index contributed by atoms with van der Waals surface area (Å²) in [6.45, 7) is -3.99. The number of thiol groups is 5. The first-order chi connectivity index (χ1) is 12.4. The molecule has 14 heteroatoms. The molecule has 0 aliphatic heterocycles. The van der Waals surface area contributed by atoms with Gasteiger partial charge in [0, 0.05) is 0 Å². The average molecular weight is 487 g/mol. The van der Waals surface area contributed by atoms with Crippen molar-refractivity contribution >= 4 is 69.4 Å². The lowest BCUT2D eigenvalue weighted by atomic mass is 9.90. The maximum Gasteiger partial charge on any atom is 0.353 e. The fourth-order valence-corrected chi connectivity index (χ4v) is 2.50. The third-order valence-electron chi connectivity index (χ3n) is 3.87. The van der Waals surface area contributed by atoms with E-state index < -0.39 is 64.8 Å². The molecule has 0 saturated carbocycles. The maximum atomic E-state index is 12.3. The molecule has 0 aromatic heterocycles. The lowest BCUT2D eigenvalue weighted by Gasteiger charge is -2.36. The molecule has 0 aromatic carbocycles. The lowest BCUT2D eigenvalue weighted by molar-refractivity contribution is -0.163. The van der Waals surface area contributed by atoms with E-state index >= 15 is 0 Å². The van der Waals surface area contributed by atoms with Crippen molar-refractivity contribution in [2.75, 3.05) is 52.9 Å². The fourth-order valence-electron chi connectivity index (χ4n) is 1.60. The summed E-state index contributed by atoms with van der Waals surface area (Å²) in [7, 11) is 0. The van der Waals surface area contributed by atoms with Crippen LogP contribution in [0.3, 0.4) is 0 Å². The van der Waals surface area contributed by atoms with Gasteiger partial charge in [-0.3, -0.25) is 4.18 Å². The minimum atomic E-state index is -2.08. The molecule has 0 bridgehead atoms. The highest BCUT2D eigenvalue weighted by Gasteiger charge is 2.52. The van der Waals surface area contributed by atoms with E-state index in [1.54, 1.807) is 0 Å². The molecule has 9 nitrogen and oxygen atoms in total. The molecule has 0 aliphatic carbocycles. The highest BCUT2D eigenvalue weighted by atomic mass is 32.2. The number of aliphatic hydroxyl groups is 5. The van der Waals surface area contributed by atoms with Gasteiger partial charge in [0.05, 0.1) is 57.1 Å². The second-order valence-electron chi connectivity index (χ2n) is 6.23. The van der Waals surface area contributed by atoms with Gasteiger partial charge in [0.2, 0.25) is 0 Å². The van der Waals surface area contributed by atoms with E-state index in [2.05, 4.69) is 67.6 Å². The molecule has 0 heterocycles. The Kier molecular flexibility index (Phi) is 12.4. The van der Waals surface area contributed by atoms with Crippen molar-refractivity contribution in [2.24, 2.45) is 10.8 Å². The highest BCUT2D eigenvalue weighted by molar-refractivity contribution is 8.18. The molecule has 0 rings (SSSR count). The molecule has 1 unspecified atom stereocenters. The van der Waals surface area contributed by atoms with Gasteiger partial charge >= 0.3 is 5.97 Å². The van der Waals surface area contributed by atoms with Crippen LogP contribution < -0.4 is 0 Å². The molecule has 162 valence electrons. The summed E-state index contributed by atoms with van der Waals surface area (Å²) in [5.41, 5.74) is -2.71. The van der Waals surface area contributed by atoms with Gasteiger partial charge < -0.3 is 35.0 Å². The van der Waals surface area contributed by atoms with Crippen molar-refractivity contribution < 1.29 is 44.0 Å². The van der Waals surface area contributed by atoms with Crippen LogP contribution in [0.2, 0.25) is 0 Å². The predicted molar refractivity (Wildman–Crippen MR) is 114 cm³/mol. The Morgan fingerprint density at radius 2 is 1.15 bits per heavy atom. The molecule has 0 amide bonds. The number of ether oxygens (including phenoxy) is 2. The topological polar surface area (TPSA) is 146 Å². The number of aliphatic hydroxyl groups excluding tert-OH is 5. The van der Waals surface area contributed by atoms with Crippen LogP contribution in [0.4, 0.5) is 0 Å². The Bertz CT molecular complexity index is 446. The van der Waals surface area contributed by atoms with E-state index in [-0.39, 0.29) is 13.2 Å². The summed E-state index contributed by atoms with van der Waals surface area (Å²) >= 11 is 19.4. The SMILES string of the molecule is O=C(OCC(CO)(CO)COCC(CO)(CO)CO)C(S)(OS)C(S)(S)S. The van der Waals surface area contributed by atoms with E-state index in [9.17, 15) is 30.3 Å². The predicted octanol–water partition coefficient (Wildman–Crippen LogP) is -1.59. The smallest absolute Gasteiger partial charge is 0.353 e. The lowest BCUT2D eigenvalue weighted by Crippen LogP contribution is -2.50. The molecular weight excluding hydrogens is 460 g/mol. The molecule has 5 N–H and O–H groups in total. The number of hydrogen-bond acceptors (Lipinski definition) is 14. The summed E-state index contributed by atoms with van der Waals surface area (Å²) in [4.78, 5) is 10.2. The van der Waals surface area contributed by atoms with Crippen LogP contribution >= 0.6 is 63.4 Å². The van der Waals surface area contributed by atoms with Crippen LogP contribution in [0.15, 0.2) is 0 Å². The van der Waals surface area contributed by atoms with Gasteiger partial charge in [-0.05, 0) is 12.9 Å². The van der Waals surface area contributed by atoms with Crippen molar-refractivity contribution in [1.29, 1.82) is 0 Å². The Balaban J connectivity index is 5.05. The van der Waals surface area contributed by atoms with Crippen molar-refractivity contribution in [2.45, 2.75) is 8.34 Å². The molecule has 0 spiro atoms. The van der Waals surface area contributed by atoms with Crippen LogP contribution in [0.1, 0.15) is 0 Å². The van der Waals surface area contributed by atoms with Gasteiger partial charge in [-0.1, -0.05) is 0 Å². The molecule has 0 radical (unpaired) electrons. The fraction of sp³-hybridized carbons (Fsp3) is 0.923. The third-order valence-corrected chi connectivity index (χ3v) is 6.37. The van der Waals surface area contributed by atoms with Gasteiger partial charge in [0.25, 0.3) is 4.93 Å². The van der Waals surface area contributed by atoms with Gasteiger partial charge in [0.1, 0.15) is 10.0 Å². The van der Waals surface area contributed by atoms with E-state index in [0.29, 0.717) is 0 Å². The van der Waals surface area contributed by atoms with Crippen LogP contribution in [0.25, 0.3) is 0 Å². The third kappa shape index (κ3) is 7.29. The Morgan fingerprint density at radius 3 is 1.48 bits per heavy atom. The first kappa shape index (κ1) is 27.9. The zero-order valence-electron chi connectivity index (χ0n) is 14.3. The van der Waals surface area contributed by atoms with Gasteiger partial charge in [-0.15, -0.1) is 50.5 Å². The summed E-state index contributed by atoms with van der Waals surface area (Å²) in [6.07, 6.45) is 0. The van der Waals surface area contributed by atoms with Crippen molar-refractivity contribution in [3.05, 3.63) is 0 Å². The first-order valence-electron chi connectivity index (χ1n) is 7.46. The highest BCUT2D eigenvalue weighted by Crippen LogP contribution is 2.44.